The summed E-state index contributed by atoms with van der Waals surface area (Å²) in [6.45, 7) is 1.72. The van der Waals surface area contributed by atoms with Gasteiger partial charge in [-0.25, -0.2) is 4.39 Å². The fraction of sp³-hybridized carbons (Fsp3) is 0.917. The number of alkyl halides is 1. The Hall–Kier alpha value is -0.730. The van der Waals surface area contributed by atoms with Crippen molar-refractivity contribution in [2.75, 3.05) is 0 Å². The minimum Gasteiger partial charge on any atom is -0.300 e. The van der Waals surface area contributed by atoms with Crippen molar-refractivity contribution in [1.29, 1.82) is 0 Å². The maximum atomic E-state index is 14.4. The summed E-state index contributed by atoms with van der Waals surface area (Å²) in [5.41, 5.74) is -1.07. The number of ketones is 2. The molecule has 0 aromatic carbocycles. The third-order valence-electron chi connectivity index (χ3n) is 6.86. The fourth-order valence-electron chi connectivity index (χ4n) is 4.93. The number of carbonyl (C=O) groups excluding carboxylic acids is 2. The van der Waals surface area contributed by atoms with Gasteiger partial charge < -0.3 is 0 Å². The average Bonchev–Trinajstić information content (AvgIpc) is 2.81. The van der Waals surface area contributed by atoms with Crippen molar-refractivity contribution in [3.8, 4) is 0 Å². The monoisotopic (exact) mass is 380 g/mol. The molecule has 3 heteroatoms. The Kier molecular flexibility index (Phi) is 10.00. The average molecular weight is 381 g/mol. The van der Waals surface area contributed by atoms with Gasteiger partial charge >= 0.3 is 0 Å². The second-order valence-corrected chi connectivity index (χ2v) is 9.52. The molecule has 0 aromatic rings. The van der Waals surface area contributed by atoms with E-state index in [2.05, 4.69) is 0 Å². The highest BCUT2D eigenvalue weighted by Gasteiger charge is 2.27. The van der Waals surface area contributed by atoms with Gasteiger partial charge in [0.2, 0.25) is 0 Å². The molecule has 0 saturated heterocycles. The summed E-state index contributed by atoms with van der Waals surface area (Å²) in [6, 6.07) is 0. The van der Waals surface area contributed by atoms with Crippen molar-refractivity contribution in [3.63, 3.8) is 0 Å². The molecule has 2 fully saturated rings. The van der Waals surface area contributed by atoms with Gasteiger partial charge in [0.05, 0.1) is 0 Å². The number of carbonyl (C=O) groups is 2. The van der Waals surface area contributed by atoms with E-state index in [1.807, 2.05) is 0 Å². The highest BCUT2D eigenvalue weighted by Crippen LogP contribution is 2.32. The van der Waals surface area contributed by atoms with E-state index < -0.39 is 5.67 Å². The van der Waals surface area contributed by atoms with Gasteiger partial charge in [-0.1, -0.05) is 64.2 Å². The van der Waals surface area contributed by atoms with Gasteiger partial charge in [0, 0.05) is 25.2 Å². The number of rotatable bonds is 6. The quantitative estimate of drug-likeness (QED) is 0.491. The van der Waals surface area contributed by atoms with Crippen molar-refractivity contribution >= 4 is 11.6 Å². The van der Waals surface area contributed by atoms with Crippen molar-refractivity contribution < 1.29 is 14.0 Å². The van der Waals surface area contributed by atoms with Crippen molar-refractivity contribution in [2.24, 2.45) is 11.8 Å². The van der Waals surface area contributed by atoms with E-state index in [0.717, 1.165) is 57.8 Å². The summed E-state index contributed by atoms with van der Waals surface area (Å²) in [7, 11) is 0. The van der Waals surface area contributed by atoms with Gasteiger partial charge in [-0.05, 0) is 44.9 Å². The van der Waals surface area contributed by atoms with E-state index >= 15 is 0 Å². The first-order valence-electron chi connectivity index (χ1n) is 11.7. The molecule has 2 aliphatic rings. The van der Waals surface area contributed by atoms with Gasteiger partial charge in [0.15, 0.2) is 0 Å². The molecule has 2 aliphatic carbocycles. The van der Waals surface area contributed by atoms with E-state index in [-0.39, 0.29) is 11.7 Å². The van der Waals surface area contributed by atoms with E-state index in [1.165, 1.54) is 25.7 Å². The van der Waals surface area contributed by atoms with Crippen molar-refractivity contribution in [1.82, 2.24) is 0 Å². The molecular formula is C24H41FO2. The van der Waals surface area contributed by atoms with Crippen LogP contribution in [0.2, 0.25) is 0 Å². The van der Waals surface area contributed by atoms with Crippen LogP contribution in [0.5, 0.6) is 0 Å². The van der Waals surface area contributed by atoms with Crippen LogP contribution in [0, 0.1) is 11.8 Å². The third kappa shape index (κ3) is 9.34. The van der Waals surface area contributed by atoms with Gasteiger partial charge in [-0.15, -0.1) is 0 Å². The normalized spacial score (nSPS) is 29.5. The van der Waals surface area contributed by atoms with E-state index in [9.17, 15) is 14.0 Å². The SMILES string of the molecule is CC1(F)CCCCCC(CC(=O)CCC(=O)C2CCCCCCCC2)CC1. The molecular weight excluding hydrogens is 339 g/mol. The Balaban J connectivity index is 1.74. The Morgan fingerprint density at radius 2 is 1.37 bits per heavy atom. The number of hydrogen-bond acceptors (Lipinski definition) is 2. The van der Waals surface area contributed by atoms with Crippen LogP contribution in [0.4, 0.5) is 4.39 Å². The molecule has 0 heterocycles. The zero-order valence-electron chi connectivity index (χ0n) is 17.6. The first kappa shape index (κ1) is 22.6. The molecule has 0 amide bonds. The predicted molar refractivity (Wildman–Crippen MR) is 110 cm³/mol. The predicted octanol–water partition coefficient (Wildman–Crippen LogP) is 7.13. The lowest BCUT2D eigenvalue weighted by atomic mass is 9.86. The van der Waals surface area contributed by atoms with Gasteiger partial charge in [0.25, 0.3) is 0 Å². The summed E-state index contributed by atoms with van der Waals surface area (Å²) in [6.07, 6.45) is 17.1. The van der Waals surface area contributed by atoms with Crippen LogP contribution in [0.3, 0.4) is 0 Å². The topological polar surface area (TPSA) is 34.1 Å². The van der Waals surface area contributed by atoms with Crippen LogP contribution in [0.1, 0.15) is 122 Å². The number of halogens is 1. The largest absolute Gasteiger partial charge is 0.300 e. The zero-order valence-corrected chi connectivity index (χ0v) is 17.6. The number of Topliss-reactive ketones (excluding diaryl/α,β-unsaturated/α-hetero) is 2. The van der Waals surface area contributed by atoms with Crippen LogP contribution in [0.25, 0.3) is 0 Å². The molecule has 0 aliphatic heterocycles. The van der Waals surface area contributed by atoms with Gasteiger partial charge in [0.1, 0.15) is 17.2 Å². The van der Waals surface area contributed by atoms with E-state index in [1.54, 1.807) is 6.92 Å². The van der Waals surface area contributed by atoms with Crippen molar-refractivity contribution in [2.45, 2.75) is 128 Å². The summed E-state index contributed by atoms with van der Waals surface area (Å²) in [5.74, 6) is 1.03. The Bertz CT molecular complexity index is 447. The smallest absolute Gasteiger partial charge is 0.136 e. The van der Waals surface area contributed by atoms with Crippen LogP contribution in [-0.2, 0) is 9.59 Å². The molecule has 2 nitrogen and oxygen atoms in total. The van der Waals surface area contributed by atoms with E-state index in [0.29, 0.717) is 43.8 Å². The minimum atomic E-state index is -1.07. The fourth-order valence-corrected chi connectivity index (χ4v) is 4.93. The molecule has 2 atom stereocenters. The van der Waals surface area contributed by atoms with Crippen LogP contribution in [0.15, 0.2) is 0 Å². The maximum absolute atomic E-state index is 14.4. The lowest BCUT2D eigenvalue weighted by Gasteiger charge is -2.21. The molecule has 2 unspecified atom stereocenters. The molecule has 0 aromatic heterocycles. The van der Waals surface area contributed by atoms with Crippen LogP contribution >= 0.6 is 0 Å². The molecule has 2 saturated carbocycles. The second kappa shape index (κ2) is 12.0. The van der Waals surface area contributed by atoms with Crippen LogP contribution < -0.4 is 0 Å². The third-order valence-corrected chi connectivity index (χ3v) is 6.86. The maximum Gasteiger partial charge on any atom is 0.136 e. The summed E-state index contributed by atoms with van der Waals surface area (Å²) >= 11 is 0. The lowest BCUT2D eigenvalue weighted by molar-refractivity contribution is -0.127. The molecule has 0 bridgehead atoms. The highest BCUT2D eigenvalue weighted by atomic mass is 19.1. The second-order valence-electron chi connectivity index (χ2n) is 9.52. The lowest BCUT2D eigenvalue weighted by Crippen LogP contribution is -2.20. The molecule has 0 spiro atoms. The summed E-state index contributed by atoms with van der Waals surface area (Å²) in [5, 5.41) is 0. The number of hydrogen-bond donors (Lipinski definition) is 0. The molecule has 2 rings (SSSR count). The van der Waals surface area contributed by atoms with Gasteiger partial charge in [-0.3, -0.25) is 9.59 Å². The minimum absolute atomic E-state index is 0.188. The van der Waals surface area contributed by atoms with E-state index in [4.69, 9.17) is 0 Å². The molecule has 27 heavy (non-hydrogen) atoms. The standard InChI is InChI=1S/C24H41FO2/c1-24(25)17-10-6-7-11-20(16-18-24)19-22(26)14-15-23(27)21-12-8-4-2-3-5-9-13-21/h20-21H,2-19H2,1H3. The highest BCUT2D eigenvalue weighted by molar-refractivity contribution is 5.87. The Labute approximate surface area is 166 Å². The Morgan fingerprint density at radius 1 is 0.778 bits per heavy atom. The first-order chi connectivity index (χ1) is 13.0. The zero-order chi connectivity index (χ0) is 19.5. The molecule has 156 valence electrons. The molecule has 0 N–H and O–H groups in total. The summed E-state index contributed by atoms with van der Waals surface area (Å²) in [4.78, 5) is 25.1. The van der Waals surface area contributed by atoms with Gasteiger partial charge in [-0.2, -0.15) is 0 Å². The van der Waals surface area contributed by atoms with Crippen LogP contribution in [-0.4, -0.2) is 17.2 Å². The summed E-state index contributed by atoms with van der Waals surface area (Å²) < 4.78 is 14.4. The Morgan fingerprint density at radius 3 is 2.07 bits per heavy atom. The molecule has 0 radical (unpaired) electrons. The van der Waals surface area contributed by atoms with Crippen molar-refractivity contribution in [3.05, 3.63) is 0 Å². The first-order valence-corrected chi connectivity index (χ1v) is 11.7.